The number of allylic oxidation sites excluding steroid dienone is 2. The number of benzene rings is 2. The molecule has 3 aliphatic rings. The van der Waals surface area contributed by atoms with Crippen LogP contribution in [0, 0.1) is 5.92 Å². The molecule has 2 aliphatic carbocycles. The molecular weight excluding hydrogens is 326 g/mol. The number of ether oxygens (including phenoxy) is 1. The minimum absolute atomic E-state index is 0.0208. The lowest BCUT2D eigenvalue weighted by atomic mass is 9.78. The van der Waals surface area contributed by atoms with E-state index in [0.29, 0.717) is 12.5 Å². The SMILES string of the molecule is CC(C)(C)OC(=O)N1C[C@H]2C[C@@]23C1=CC(=O)c1ccc2ccccc2c13. The molecule has 1 spiro atoms. The molecule has 1 saturated heterocycles. The summed E-state index contributed by atoms with van der Waals surface area (Å²) in [5.74, 6) is 0.339. The van der Waals surface area contributed by atoms with E-state index in [1.807, 2.05) is 45.0 Å². The van der Waals surface area contributed by atoms with Gasteiger partial charge in [0.15, 0.2) is 5.78 Å². The highest BCUT2D eigenvalue weighted by molar-refractivity contribution is 6.12. The van der Waals surface area contributed by atoms with Crippen molar-refractivity contribution in [2.24, 2.45) is 5.92 Å². The summed E-state index contributed by atoms with van der Waals surface area (Å²) in [6, 6.07) is 12.1. The number of carbonyl (C=O) groups excluding carboxylic acids is 2. The van der Waals surface area contributed by atoms with Gasteiger partial charge in [-0.05, 0) is 49.4 Å². The van der Waals surface area contributed by atoms with Gasteiger partial charge < -0.3 is 4.74 Å². The van der Waals surface area contributed by atoms with Crippen molar-refractivity contribution in [3.05, 3.63) is 59.3 Å². The Hall–Kier alpha value is -2.62. The van der Waals surface area contributed by atoms with Gasteiger partial charge in [-0.25, -0.2) is 4.79 Å². The molecule has 1 heterocycles. The van der Waals surface area contributed by atoms with Crippen molar-refractivity contribution in [3.63, 3.8) is 0 Å². The summed E-state index contributed by atoms with van der Waals surface area (Å²) in [7, 11) is 0. The number of carbonyl (C=O) groups is 2. The van der Waals surface area contributed by atoms with Gasteiger partial charge in [-0.3, -0.25) is 9.69 Å². The number of ketones is 1. The highest BCUT2D eigenvalue weighted by atomic mass is 16.6. The lowest BCUT2D eigenvalue weighted by molar-refractivity contribution is 0.0322. The van der Waals surface area contributed by atoms with Crippen molar-refractivity contribution < 1.29 is 14.3 Å². The third-order valence-electron chi connectivity index (χ3n) is 5.78. The van der Waals surface area contributed by atoms with Gasteiger partial charge >= 0.3 is 6.09 Å². The highest BCUT2D eigenvalue weighted by Gasteiger charge is 2.68. The quantitative estimate of drug-likeness (QED) is 0.708. The van der Waals surface area contributed by atoms with Crippen molar-refractivity contribution in [3.8, 4) is 0 Å². The summed E-state index contributed by atoms with van der Waals surface area (Å²) in [5.41, 5.74) is 1.95. The number of hydrogen-bond acceptors (Lipinski definition) is 3. The van der Waals surface area contributed by atoms with Crippen molar-refractivity contribution in [2.75, 3.05) is 6.54 Å². The van der Waals surface area contributed by atoms with E-state index in [4.69, 9.17) is 4.74 Å². The molecule has 2 fully saturated rings. The molecule has 1 amide bonds. The van der Waals surface area contributed by atoms with Crippen LogP contribution in [0.5, 0.6) is 0 Å². The van der Waals surface area contributed by atoms with E-state index in [2.05, 4.69) is 12.1 Å². The van der Waals surface area contributed by atoms with Crippen LogP contribution < -0.4 is 0 Å². The van der Waals surface area contributed by atoms with Gasteiger partial charge in [-0.1, -0.05) is 36.4 Å². The molecule has 2 aromatic carbocycles. The minimum Gasteiger partial charge on any atom is -0.443 e. The fourth-order valence-electron chi connectivity index (χ4n) is 4.71. The Morgan fingerprint density at radius 1 is 1.19 bits per heavy atom. The van der Waals surface area contributed by atoms with Gasteiger partial charge in [0.2, 0.25) is 0 Å². The van der Waals surface area contributed by atoms with Crippen molar-refractivity contribution >= 4 is 22.6 Å². The first-order valence-electron chi connectivity index (χ1n) is 9.10. The van der Waals surface area contributed by atoms with Crippen LogP contribution in [0.2, 0.25) is 0 Å². The topological polar surface area (TPSA) is 46.6 Å². The van der Waals surface area contributed by atoms with Crippen molar-refractivity contribution in [1.82, 2.24) is 4.90 Å². The molecule has 0 bridgehead atoms. The number of fused-ring (bicyclic) bond motifs is 3. The van der Waals surface area contributed by atoms with Crippen molar-refractivity contribution in [1.29, 1.82) is 0 Å². The average Bonchev–Trinajstić information content (AvgIpc) is 3.20. The molecule has 1 aliphatic heterocycles. The largest absolute Gasteiger partial charge is 0.443 e. The molecule has 2 atom stereocenters. The molecule has 4 nitrogen and oxygen atoms in total. The van der Waals surface area contributed by atoms with E-state index in [1.54, 1.807) is 11.0 Å². The summed E-state index contributed by atoms with van der Waals surface area (Å²) < 4.78 is 5.58. The van der Waals surface area contributed by atoms with Gasteiger partial charge in [0.25, 0.3) is 0 Å². The number of likely N-dealkylation sites (tertiary alicyclic amines) is 1. The first-order chi connectivity index (χ1) is 12.3. The Kier molecular flexibility index (Phi) is 2.86. The van der Waals surface area contributed by atoms with E-state index in [-0.39, 0.29) is 17.3 Å². The molecule has 5 rings (SSSR count). The molecule has 0 radical (unpaired) electrons. The van der Waals surface area contributed by atoms with E-state index in [9.17, 15) is 9.59 Å². The Labute approximate surface area is 152 Å². The van der Waals surface area contributed by atoms with Gasteiger partial charge in [0.1, 0.15) is 5.60 Å². The summed E-state index contributed by atoms with van der Waals surface area (Å²) >= 11 is 0. The second-order valence-corrected chi connectivity index (χ2v) is 8.57. The van der Waals surface area contributed by atoms with E-state index >= 15 is 0 Å². The molecule has 132 valence electrons. The monoisotopic (exact) mass is 347 g/mol. The Balaban J connectivity index is 1.66. The maximum atomic E-state index is 12.8. The van der Waals surface area contributed by atoms with E-state index in [0.717, 1.165) is 34.0 Å². The van der Waals surface area contributed by atoms with Crippen LogP contribution in [0.4, 0.5) is 4.79 Å². The first-order valence-corrected chi connectivity index (χ1v) is 9.10. The van der Waals surface area contributed by atoms with Gasteiger partial charge in [0, 0.05) is 29.3 Å². The predicted octanol–water partition coefficient (Wildman–Crippen LogP) is 4.43. The molecule has 0 N–H and O–H groups in total. The zero-order valence-corrected chi connectivity index (χ0v) is 15.2. The van der Waals surface area contributed by atoms with E-state index in [1.165, 1.54) is 0 Å². The standard InChI is InChI=1S/C22H21NO3/c1-21(2,3)26-20(25)23-12-14-11-22(14)18(23)10-17(24)16-9-8-13-6-4-5-7-15(13)19(16)22/h4-10,14H,11-12H2,1-3H3/t14-,22+/m1/s1. The number of piperidine rings is 1. The van der Waals surface area contributed by atoms with Crippen LogP contribution in [-0.2, 0) is 10.2 Å². The second-order valence-electron chi connectivity index (χ2n) is 8.57. The second kappa shape index (κ2) is 4.76. The van der Waals surface area contributed by atoms with Crippen LogP contribution >= 0.6 is 0 Å². The molecule has 0 unspecified atom stereocenters. The molecule has 0 aromatic heterocycles. The Morgan fingerprint density at radius 3 is 2.73 bits per heavy atom. The van der Waals surface area contributed by atoms with Crippen LogP contribution in [0.1, 0.15) is 43.1 Å². The minimum atomic E-state index is -0.555. The number of nitrogens with zero attached hydrogens (tertiary/aromatic N) is 1. The molecule has 1 saturated carbocycles. The molecular formula is C22H21NO3. The van der Waals surface area contributed by atoms with Crippen LogP contribution in [0.3, 0.4) is 0 Å². The van der Waals surface area contributed by atoms with E-state index < -0.39 is 5.60 Å². The summed E-state index contributed by atoms with van der Waals surface area (Å²) in [4.78, 5) is 27.2. The first kappa shape index (κ1) is 15.6. The molecule has 26 heavy (non-hydrogen) atoms. The fraction of sp³-hybridized carbons (Fsp3) is 0.364. The van der Waals surface area contributed by atoms with Crippen LogP contribution in [0.15, 0.2) is 48.2 Å². The maximum absolute atomic E-state index is 12.8. The van der Waals surface area contributed by atoms with Crippen LogP contribution in [-0.4, -0.2) is 28.9 Å². The zero-order valence-electron chi connectivity index (χ0n) is 15.2. The smallest absolute Gasteiger partial charge is 0.414 e. The third-order valence-corrected chi connectivity index (χ3v) is 5.78. The lowest BCUT2D eigenvalue weighted by Gasteiger charge is -2.31. The van der Waals surface area contributed by atoms with Crippen LogP contribution in [0.25, 0.3) is 10.8 Å². The normalized spacial score (nSPS) is 26.1. The molecule has 2 aromatic rings. The Bertz CT molecular complexity index is 1010. The summed E-state index contributed by atoms with van der Waals surface area (Å²) in [5, 5.41) is 2.26. The van der Waals surface area contributed by atoms with Gasteiger partial charge in [-0.15, -0.1) is 0 Å². The van der Waals surface area contributed by atoms with Gasteiger partial charge in [-0.2, -0.15) is 0 Å². The lowest BCUT2D eigenvalue weighted by Crippen LogP contribution is -2.38. The number of rotatable bonds is 0. The predicted molar refractivity (Wildman–Crippen MR) is 99.1 cm³/mol. The third kappa shape index (κ3) is 1.96. The Morgan fingerprint density at radius 2 is 1.96 bits per heavy atom. The average molecular weight is 347 g/mol. The molecule has 4 heteroatoms. The number of amides is 1. The summed E-state index contributed by atoms with van der Waals surface area (Å²) in [6.45, 7) is 6.21. The van der Waals surface area contributed by atoms with Gasteiger partial charge in [0.05, 0.1) is 0 Å². The van der Waals surface area contributed by atoms with Crippen molar-refractivity contribution in [2.45, 2.75) is 38.2 Å². The summed E-state index contributed by atoms with van der Waals surface area (Å²) in [6.07, 6.45) is 2.30. The fourth-order valence-corrected chi connectivity index (χ4v) is 4.71. The highest BCUT2D eigenvalue weighted by Crippen LogP contribution is 2.67. The zero-order chi connectivity index (χ0) is 18.3. The maximum Gasteiger partial charge on any atom is 0.414 e. The number of hydrogen-bond donors (Lipinski definition) is 0.